The molecule has 0 aliphatic rings. The molecule has 0 saturated heterocycles. The summed E-state index contributed by atoms with van der Waals surface area (Å²) in [5, 5.41) is 6.27. The van der Waals surface area contributed by atoms with Crippen molar-refractivity contribution in [3.63, 3.8) is 0 Å². The Hall–Kier alpha value is -2.61. The Morgan fingerprint density at radius 2 is 1.83 bits per heavy atom. The van der Waals surface area contributed by atoms with E-state index in [1.807, 2.05) is 38.1 Å². The second-order valence-corrected chi connectivity index (χ2v) is 8.91. The average Bonchev–Trinajstić information content (AvgIpc) is 2.65. The minimum atomic E-state index is -3.23. The Morgan fingerprint density at radius 1 is 1.10 bits per heavy atom. The molecule has 0 aromatic heterocycles. The van der Waals surface area contributed by atoms with Crippen LogP contribution >= 0.6 is 0 Å². The maximum absolute atomic E-state index is 13.6. The second-order valence-electron chi connectivity index (χ2n) is 6.77. The summed E-state index contributed by atoms with van der Waals surface area (Å²) in [7, 11) is -3.23. The normalized spacial score (nSPS) is 11.9. The number of aryl methyl sites for hydroxylation is 1. The van der Waals surface area contributed by atoms with Crippen LogP contribution in [0, 0.1) is 12.7 Å². The first kappa shape index (κ1) is 22.7. The van der Waals surface area contributed by atoms with Crippen molar-refractivity contribution in [1.29, 1.82) is 0 Å². The van der Waals surface area contributed by atoms with E-state index in [0.29, 0.717) is 36.8 Å². The molecular weight excluding hydrogens is 393 g/mol. The number of benzene rings is 2. The van der Waals surface area contributed by atoms with Crippen LogP contribution in [0.1, 0.15) is 23.6 Å². The van der Waals surface area contributed by atoms with E-state index >= 15 is 0 Å². The summed E-state index contributed by atoms with van der Waals surface area (Å²) in [6.45, 7) is 5.76. The van der Waals surface area contributed by atoms with Gasteiger partial charge >= 0.3 is 0 Å². The van der Waals surface area contributed by atoms with Crippen LogP contribution in [0.15, 0.2) is 47.5 Å². The number of hydrogen-bond acceptors (Lipinski definition) is 4. The third-order valence-electron chi connectivity index (χ3n) is 4.02. The van der Waals surface area contributed by atoms with Gasteiger partial charge in [0.25, 0.3) is 0 Å². The van der Waals surface area contributed by atoms with Crippen LogP contribution in [-0.2, 0) is 22.1 Å². The van der Waals surface area contributed by atoms with Crippen molar-refractivity contribution < 1.29 is 17.5 Å². The molecule has 158 valence electrons. The van der Waals surface area contributed by atoms with E-state index in [9.17, 15) is 12.8 Å². The Bertz CT molecular complexity index is 929. The SMILES string of the molecule is CCNC(=NCc1cc(F)ccc1CS(C)(=O)=O)NCCOc1ccc(C)cc1. The van der Waals surface area contributed by atoms with Crippen LogP contribution in [-0.4, -0.2) is 40.3 Å². The number of sulfone groups is 1. The summed E-state index contributed by atoms with van der Waals surface area (Å²) in [4.78, 5) is 4.45. The fourth-order valence-corrected chi connectivity index (χ4v) is 3.49. The van der Waals surface area contributed by atoms with Crippen molar-refractivity contribution in [1.82, 2.24) is 10.6 Å². The lowest BCUT2D eigenvalue weighted by Crippen LogP contribution is -2.39. The first-order chi connectivity index (χ1) is 13.8. The molecule has 2 aromatic carbocycles. The van der Waals surface area contributed by atoms with E-state index in [-0.39, 0.29) is 12.3 Å². The number of nitrogens with zero attached hydrogens (tertiary/aromatic N) is 1. The highest BCUT2D eigenvalue weighted by molar-refractivity contribution is 7.89. The maximum atomic E-state index is 13.6. The molecular formula is C21H28FN3O3S. The highest BCUT2D eigenvalue weighted by atomic mass is 32.2. The molecule has 2 rings (SSSR count). The van der Waals surface area contributed by atoms with Gasteiger partial charge in [-0.15, -0.1) is 0 Å². The van der Waals surface area contributed by atoms with E-state index in [1.54, 1.807) is 0 Å². The van der Waals surface area contributed by atoms with Crippen LogP contribution in [0.2, 0.25) is 0 Å². The summed E-state index contributed by atoms with van der Waals surface area (Å²) in [5.41, 5.74) is 2.27. The van der Waals surface area contributed by atoms with E-state index in [2.05, 4.69) is 15.6 Å². The molecule has 0 fully saturated rings. The van der Waals surface area contributed by atoms with Crippen molar-refractivity contribution in [2.75, 3.05) is 26.0 Å². The van der Waals surface area contributed by atoms with Crippen molar-refractivity contribution >= 4 is 15.8 Å². The standard InChI is InChI=1S/C21H28FN3O3S/c1-4-23-21(24-11-12-28-20-9-5-16(2)6-10-20)25-14-18-13-19(22)8-7-17(18)15-29(3,26)27/h5-10,13H,4,11-12,14-15H2,1-3H3,(H2,23,24,25). The minimum absolute atomic E-state index is 0.146. The van der Waals surface area contributed by atoms with E-state index < -0.39 is 15.7 Å². The van der Waals surface area contributed by atoms with Gasteiger partial charge in [0.2, 0.25) is 0 Å². The van der Waals surface area contributed by atoms with Gasteiger partial charge in [-0.3, -0.25) is 0 Å². The molecule has 0 radical (unpaired) electrons. The molecule has 0 heterocycles. The van der Waals surface area contributed by atoms with Crippen LogP contribution < -0.4 is 15.4 Å². The van der Waals surface area contributed by atoms with E-state index in [0.717, 1.165) is 12.0 Å². The van der Waals surface area contributed by atoms with Crippen molar-refractivity contribution in [2.45, 2.75) is 26.1 Å². The molecule has 29 heavy (non-hydrogen) atoms. The van der Waals surface area contributed by atoms with Crippen LogP contribution in [0.5, 0.6) is 5.75 Å². The summed E-state index contributed by atoms with van der Waals surface area (Å²) in [6, 6.07) is 11.9. The van der Waals surface area contributed by atoms with Gasteiger partial charge in [-0.05, 0) is 49.2 Å². The van der Waals surface area contributed by atoms with Crippen molar-refractivity contribution in [3.05, 3.63) is 65.0 Å². The molecule has 0 atom stereocenters. The molecule has 0 aliphatic carbocycles. The van der Waals surface area contributed by atoms with Gasteiger partial charge < -0.3 is 15.4 Å². The molecule has 2 N–H and O–H groups in total. The Labute approximate surface area is 172 Å². The lowest BCUT2D eigenvalue weighted by molar-refractivity contribution is 0.322. The van der Waals surface area contributed by atoms with Crippen LogP contribution in [0.4, 0.5) is 4.39 Å². The zero-order chi connectivity index (χ0) is 21.3. The van der Waals surface area contributed by atoms with Gasteiger partial charge in [0, 0.05) is 12.8 Å². The molecule has 2 aromatic rings. The molecule has 0 saturated carbocycles. The molecule has 0 spiro atoms. The summed E-state index contributed by atoms with van der Waals surface area (Å²) in [6.07, 6.45) is 1.16. The fourth-order valence-electron chi connectivity index (χ4n) is 2.64. The molecule has 0 bridgehead atoms. The van der Waals surface area contributed by atoms with Gasteiger partial charge in [-0.2, -0.15) is 0 Å². The first-order valence-electron chi connectivity index (χ1n) is 9.43. The predicted molar refractivity (Wildman–Crippen MR) is 114 cm³/mol. The second kappa shape index (κ2) is 10.8. The fraction of sp³-hybridized carbons (Fsp3) is 0.381. The van der Waals surface area contributed by atoms with E-state index in [4.69, 9.17) is 4.74 Å². The molecule has 8 heteroatoms. The molecule has 0 unspecified atom stereocenters. The van der Waals surface area contributed by atoms with Gasteiger partial charge in [-0.1, -0.05) is 23.8 Å². The summed E-state index contributed by atoms with van der Waals surface area (Å²) >= 11 is 0. The zero-order valence-electron chi connectivity index (χ0n) is 17.0. The smallest absolute Gasteiger partial charge is 0.191 e. The minimum Gasteiger partial charge on any atom is -0.492 e. The third kappa shape index (κ3) is 8.51. The highest BCUT2D eigenvalue weighted by Crippen LogP contribution is 2.15. The van der Waals surface area contributed by atoms with Crippen LogP contribution in [0.25, 0.3) is 0 Å². The molecule has 6 nitrogen and oxygen atoms in total. The topological polar surface area (TPSA) is 79.8 Å². The van der Waals surface area contributed by atoms with Gasteiger partial charge in [-0.25, -0.2) is 17.8 Å². The van der Waals surface area contributed by atoms with Gasteiger partial charge in [0.05, 0.1) is 18.8 Å². The highest BCUT2D eigenvalue weighted by Gasteiger charge is 2.10. The van der Waals surface area contributed by atoms with Gasteiger partial charge in [0.15, 0.2) is 15.8 Å². The number of guanidine groups is 1. The van der Waals surface area contributed by atoms with Crippen molar-refractivity contribution in [3.8, 4) is 5.75 Å². The zero-order valence-corrected chi connectivity index (χ0v) is 17.9. The average molecular weight is 422 g/mol. The monoisotopic (exact) mass is 421 g/mol. The predicted octanol–water partition coefficient (Wildman–Crippen LogP) is 2.81. The Morgan fingerprint density at radius 3 is 2.48 bits per heavy atom. The molecule has 0 aliphatic heterocycles. The number of rotatable bonds is 9. The Kier molecular flexibility index (Phi) is 8.45. The first-order valence-corrected chi connectivity index (χ1v) is 11.5. The van der Waals surface area contributed by atoms with Crippen molar-refractivity contribution in [2.24, 2.45) is 4.99 Å². The summed E-state index contributed by atoms with van der Waals surface area (Å²) in [5.74, 6) is 0.781. The quantitative estimate of drug-likeness (QED) is 0.370. The Balaban J connectivity index is 1.97. The number of ether oxygens (including phenoxy) is 1. The van der Waals surface area contributed by atoms with E-state index in [1.165, 1.54) is 23.8 Å². The maximum Gasteiger partial charge on any atom is 0.191 e. The largest absolute Gasteiger partial charge is 0.492 e. The molecule has 0 amide bonds. The summed E-state index contributed by atoms with van der Waals surface area (Å²) < 4.78 is 42.6. The number of aliphatic imine (C=N–C) groups is 1. The lowest BCUT2D eigenvalue weighted by Gasteiger charge is -2.13. The number of halogens is 1. The number of hydrogen-bond donors (Lipinski definition) is 2. The van der Waals surface area contributed by atoms with Gasteiger partial charge in [0.1, 0.15) is 18.2 Å². The van der Waals surface area contributed by atoms with Crippen LogP contribution in [0.3, 0.4) is 0 Å². The lowest BCUT2D eigenvalue weighted by atomic mass is 10.1. The third-order valence-corrected chi connectivity index (χ3v) is 4.86. The number of nitrogens with one attached hydrogen (secondary N) is 2.